The average Bonchev–Trinajstić information content (AvgIpc) is 2.01. The van der Waals surface area contributed by atoms with Crippen LogP contribution in [0.5, 0.6) is 0 Å². The van der Waals surface area contributed by atoms with Crippen molar-refractivity contribution < 1.29 is 4.99 Å². The van der Waals surface area contributed by atoms with E-state index >= 15 is 0 Å². The van der Waals surface area contributed by atoms with Gasteiger partial charge in [0.2, 0.25) is 0 Å². The Balaban J connectivity index is 2.86. The summed E-state index contributed by atoms with van der Waals surface area (Å²) in [6.07, 6.45) is 4.51. The van der Waals surface area contributed by atoms with E-state index in [4.69, 9.17) is 0 Å². The topological polar surface area (TPSA) is 26.0 Å². The van der Waals surface area contributed by atoms with E-state index in [1.165, 1.54) is 11.4 Å². The van der Waals surface area contributed by atoms with E-state index in [2.05, 4.69) is 30.2 Å². The molecular formula is C10H19N2+. The summed E-state index contributed by atoms with van der Waals surface area (Å²) in [5.41, 5.74) is 3.05. The number of rotatable bonds is 1. The molecule has 1 aliphatic rings. The van der Waals surface area contributed by atoms with Crippen LogP contribution in [0.25, 0.3) is 0 Å². The van der Waals surface area contributed by atoms with Crippen LogP contribution < -0.4 is 10.3 Å². The van der Waals surface area contributed by atoms with Crippen molar-refractivity contribution in [2.45, 2.75) is 26.7 Å². The first-order chi connectivity index (χ1) is 5.57. The predicted octanol–water partition coefficient (Wildman–Crippen LogP) is 0.0611. The Morgan fingerprint density at radius 1 is 1.42 bits per heavy atom. The monoisotopic (exact) mass is 167 g/mol. The summed E-state index contributed by atoms with van der Waals surface area (Å²) in [4.78, 5) is 3.22. The van der Waals surface area contributed by atoms with Crippen LogP contribution in [-0.4, -0.2) is 19.8 Å². The first-order valence-electron chi connectivity index (χ1n) is 4.49. The van der Waals surface area contributed by atoms with Gasteiger partial charge in [0.15, 0.2) is 5.71 Å². The minimum atomic E-state index is 0.394. The number of hydrogen-bond acceptors (Lipinski definition) is 1. The highest BCUT2D eigenvalue weighted by atomic mass is 14.8. The standard InChI is InChI=1S/C10H18N2/c1-10(2)6-8(11-3)5-9(7-10)12-4/h5,11H,6-7H2,1-4H3/p+1. The maximum atomic E-state index is 3.22. The highest BCUT2D eigenvalue weighted by molar-refractivity contribution is 5.92. The summed E-state index contributed by atoms with van der Waals surface area (Å²) in [5, 5.41) is 3.22. The van der Waals surface area contributed by atoms with E-state index < -0.39 is 0 Å². The Morgan fingerprint density at radius 2 is 2.08 bits per heavy atom. The summed E-state index contributed by atoms with van der Waals surface area (Å²) in [6, 6.07) is 0. The summed E-state index contributed by atoms with van der Waals surface area (Å²) >= 11 is 0. The van der Waals surface area contributed by atoms with Crippen LogP contribution >= 0.6 is 0 Å². The van der Waals surface area contributed by atoms with Gasteiger partial charge in [-0.25, -0.2) is 4.99 Å². The maximum Gasteiger partial charge on any atom is 0.176 e. The van der Waals surface area contributed by atoms with Gasteiger partial charge in [-0.3, -0.25) is 0 Å². The lowest BCUT2D eigenvalue weighted by atomic mass is 9.78. The van der Waals surface area contributed by atoms with Crippen molar-refractivity contribution in [1.82, 2.24) is 5.32 Å². The van der Waals surface area contributed by atoms with Crippen molar-refractivity contribution in [2.75, 3.05) is 14.1 Å². The van der Waals surface area contributed by atoms with Gasteiger partial charge in [0.1, 0.15) is 7.05 Å². The van der Waals surface area contributed by atoms with Gasteiger partial charge in [0.05, 0.1) is 0 Å². The largest absolute Gasteiger partial charge is 0.391 e. The molecule has 0 fully saturated rings. The molecule has 2 heteroatoms. The molecule has 1 aliphatic carbocycles. The second kappa shape index (κ2) is 3.30. The van der Waals surface area contributed by atoms with Crippen molar-refractivity contribution in [3.05, 3.63) is 11.8 Å². The fourth-order valence-electron chi connectivity index (χ4n) is 1.73. The SMILES string of the molecule is CNC1=CC(=[NH+]C)CC(C)(C)C1. The zero-order chi connectivity index (χ0) is 9.19. The predicted molar refractivity (Wildman–Crippen MR) is 52.1 cm³/mol. The lowest BCUT2D eigenvalue weighted by molar-refractivity contribution is -0.421. The van der Waals surface area contributed by atoms with Gasteiger partial charge >= 0.3 is 0 Å². The molecular weight excluding hydrogens is 148 g/mol. The molecule has 0 amide bonds. The Hall–Kier alpha value is -0.790. The normalized spacial score (nSPS) is 25.3. The van der Waals surface area contributed by atoms with Gasteiger partial charge in [-0.1, -0.05) is 13.8 Å². The summed E-state index contributed by atoms with van der Waals surface area (Å²) in [6.45, 7) is 4.60. The quantitative estimate of drug-likeness (QED) is 0.567. The van der Waals surface area contributed by atoms with Crippen LogP contribution in [-0.2, 0) is 0 Å². The Morgan fingerprint density at radius 3 is 2.58 bits per heavy atom. The molecule has 0 heterocycles. The maximum absolute atomic E-state index is 3.22. The molecule has 68 valence electrons. The van der Waals surface area contributed by atoms with Gasteiger partial charge in [-0.15, -0.1) is 0 Å². The second-order valence-electron chi connectivity index (χ2n) is 4.21. The molecule has 0 bridgehead atoms. The molecule has 2 nitrogen and oxygen atoms in total. The zero-order valence-electron chi connectivity index (χ0n) is 8.49. The summed E-state index contributed by atoms with van der Waals surface area (Å²) in [5.74, 6) is 0. The fraction of sp³-hybridized carbons (Fsp3) is 0.700. The Bertz CT molecular complexity index is 224. The van der Waals surface area contributed by atoms with Crippen molar-refractivity contribution >= 4 is 5.71 Å². The van der Waals surface area contributed by atoms with Crippen LogP contribution in [0.2, 0.25) is 0 Å². The molecule has 2 N–H and O–H groups in total. The van der Waals surface area contributed by atoms with E-state index in [0.29, 0.717) is 5.41 Å². The second-order valence-corrected chi connectivity index (χ2v) is 4.21. The van der Waals surface area contributed by atoms with Crippen molar-refractivity contribution in [3.8, 4) is 0 Å². The molecule has 0 saturated carbocycles. The molecule has 0 aromatic rings. The van der Waals surface area contributed by atoms with Gasteiger partial charge in [0.25, 0.3) is 0 Å². The molecule has 0 spiro atoms. The smallest absolute Gasteiger partial charge is 0.176 e. The molecule has 0 aromatic heterocycles. The van der Waals surface area contributed by atoms with Crippen molar-refractivity contribution in [3.63, 3.8) is 0 Å². The number of allylic oxidation sites excluding steroid dienone is 2. The first-order valence-corrected chi connectivity index (χ1v) is 4.49. The molecule has 0 aromatic carbocycles. The molecule has 12 heavy (non-hydrogen) atoms. The van der Waals surface area contributed by atoms with Gasteiger partial charge in [-0.05, 0) is 11.8 Å². The van der Waals surface area contributed by atoms with Crippen molar-refractivity contribution in [1.29, 1.82) is 0 Å². The van der Waals surface area contributed by atoms with Crippen LogP contribution in [0.1, 0.15) is 26.7 Å². The van der Waals surface area contributed by atoms with Crippen LogP contribution in [0, 0.1) is 5.41 Å². The lowest BCUT2D eigenvalue weighted by Gasteiger charge is -2.28. The molecule has 0 aliphatic heterocycles. The minimum Gasteiger partial charge on any atom is -0.391 e. The van der Waals surface area contributed by atoms with E-state index in [-0.39, 0.29) is 0 Å². The minimum absolute atomic E-state index is 0.394. The molecule has 1 rings (SSSR count). The van der Waals surface area contributed by atoms with E-state index in [1.54, 1.807) is 0 Å². The Labute approximate surface area is 74.8 Å². The first kappa shape index (κ1) is 9.30. The Kier molecular flexibility index (Phi) is 2.55. The third kappa shape index (κ3) is 2.10. The van der Waals surface area contributed by atoms with E-state index in [9.17, 15) is 0 Å². The summed E-state index contributed by atoms with van der Waals surface area (Å²) < 4.78 is 0. The molecule has 0 saturated heterocycles. The summed E-state index contributed by atoms with van der Waals surface area (Å²) in [7, 11) is 3.97. The molecule has 0 radical (unpaired) electrons. The zero-order valence-corrected chi connectivity index (χ0v) is 8.49. The molecule has 0 atom stereocenters. The van der Waals surface area contributed by atoms with Crippen molar-refractivity contribution in [2.24, 2.45) is 5.41 Å². The third-order valence-corrected chi connectivity index (χ3v) is 2.33. The number of nitrogens with one attached hydrogen (secondary N) is 2. The average molecular weight is 167 g/mol. The van der Waals surface area contributed by atoms with E-state index in [1.807, 2.05) is 14.1 Å². The highest BCUT2D eigenvalue weighted by Crippen LogP contribution is 2.31. The van der Waals surface area contributed by atoms with E-state index in [0.717, 1.165) is 12.8 Å². The highest BCUT2D eigenvalue weighted by Gasteiger charge is 2.28. The fourth-order valence-corrected chi connectivity index (χ4v) is 1.73. The van der Waals surface area contributed by atoms with Crippen LogP contribution in [0.4, 0.5) is 0 Å². The van der Waals surface area contributed by atoms with Gasteiger partial charge in [-0.2, -0.15) is 0 Å². The van der Waals surface area contributed by atoms with Gasteiger partial charge < -0.3 is 5.32 Å². The van der Waals surface area contributed by atoms with Gasteiger partial charge in [0, 0.05) is 25.2 Å². The number of hydrogen-bond donors (Lipinski definition) is 2. The molecule has 0 unspecified atom stereocenters. The third-order valence-electron chi connectivity index (χ3n) is 2.33. The van der Waals surface area contributed by atoms with Crippen LogP contribution in [0.15, 0.2) is 11.8 Å². The lowest BCUT2D eigenvalue weighted by Crippen LogP contribution is -2.68. The van der Waals surface area contributed by atoms with Crippen LogP contribution in [0.3, 0.4) is 0 Å².